The Morgan fingerprint density at radius 3 is 1.63 bits per heavy atom. The van der Waals surface area contributed by atoms with Crippen LogP contribution in [-0.2, 0) is 0 Å². The predicted octanol–water partition coefficient (Wildman–Crippen LogP) is 4.67. The highest BCUT2D eigenvalue weighted by atomic mass is 79.9. The van der Waals surface area contributed by atoms with Crippen LogP contribution in [0.3, 0.4) is 0 Å². The van der Waals surface area contributed by atoms with Crippen molar-refractivity contribution in [3.8, 4) is 24.2 Å². The van der Waals surface area contributed by atoms with E-state index in [0.717, 1.165) is 21.3 Å². The van der Waals surface area contributed by atoms with E-state index in [2.05, 4.69) is 33.7 Å². The molecule has 0 bridgehead atoms. The fourth-order valence-corrected chi connectivity index (χ4v) is 2.39. The van der Waals surface area contributed by atoms with Crippen molar-refractivity contribution in [1.82, 2.24) is 0 Å². The normalized spacial score (nSPS) is 9.43. The second-order valence-electron chi connectivity index (χ2n) is 6.76. The first-order valence-electron chi connectivity index (χ1n) is 9.03. The maximum absolute atomic E-state index is 9.34. The minimum absolute atomic E-state index is 0.683. The molecule has 4 nitrogen and oxygen atoms in total. The van der Waals surface area contributed by atoms with Crippen molar-refractivity contribution < 1.29 is 5.11 Å². The quantitative estimate of drug-likeness (QED) is 0.287. The van der Waals surface area contributed by atoms with E-state index < -0.39 is 5.60 Å². The summed E-state index contributed by atoms with van der Waals surface area (Å²) in [4.78, 5) is 0. The Morgan fingerprint density at radius 1 is 0.800 bits per heavy atom. The molecule has 3 rings (SSSR count). The number of anilines is 3. The standard InChI is InChI=1S/C11H13NO.C8H7N.C6H6BrN/c1-11(2,13)7-6-9-4-3-5-10(12)8-9;1-2-7-4-3-5-8(9)6-7;7-5-2-1-3-6(8)4-5/h3-5,8,13H,12H2,1-2H3;1,3-6H,9H2;1-4H,8H2. The van der Waals surface area contributed by atoms with Gasteiger partial charge in [-0.2, -0.15) is 0 Å². The molecule has 154 valence electrons. The molecule has 0 heterocycles. The number of terminal acetylenes is 1. The van der Waals surface area contributed by atoms with Crippen LogP contribution in [0.2, 0.25) is 0 Å². The number of rotatable bonds is 0. The topological polar surface area (TPSA) is 98.3 Å². The van der Waals surface area contributed by atoms with Crippen LogP contribution in [0, 0.1) is 24.2 Å². The Hall–Kier alpha value is -3.38. The van der Waals surface area contributed by atoms with Gasteiger partial charge in [0.2, 0.25) is 0 Å². The summed E-state index contributed by atoms with van der Waals surface area (Å²) in [6.07, 6.45) is 5.11. The number of benzene rings is 3. The summed E-state index contributed by atoms with van der Waals surface area (Å²) in [5.41, 5.74) is 19.3. The van der Waals surface area contributed by atoms with Gasteiger partial charge in [0, 0.05) is 32.7 Å². The van der Waals surface area contributed by atoms with Gasteiger partial charge in [-0.05, 0) is 68.4 Å². The molecule has 0 aromatic heterocycles. The molecule has 0 saturated carbocycles. The molecule has 0 saturated heterocycles. The van der Waals surface area contributed by atoms with Crippen LogP contribution in [-0.4, -0.2) is 10.7 Å². The molecule has 3 aromatic carbocycles. The zero-order valence-corrected chi connectivity index (χ0v) is 18.6. The number of hydrogen-bond acceptors (Lipinski definition) is 4. The maximum atomic E-state index is 9.34. The van der Waals surface area contributed by atoms with Crippen LogP contribution in [0.1, 0.15) is 25.0 Å². The van der Waals surface area contributed by atoms with E-state index in [1.807, 2.05) is 48.5 Å². The van der Waals surface area contributed by atoms with Gasteiger partial charge >= 0.3 is 0 Å². The third-order valence-corrected chi connectivity index (χ3v) is 3.79. The summed E-state index contributed by atoms with van der Waals surface area (Å²) in [6, 6.07) is 22.1. The van der Waals surface area contributed by atoms with E-state index in [1.165, 1.54) is 0 Å². The minimum atomic E-state index is -0.954. The smallest absolute Gasteiger partial charge is 0.120 e. The summed E-state index contributed by atoms with van der Waals surface area (Å²) in [6.45, 7) is 3.29. The van der Waals surface area contributed by atoms with Gasteiger partial charge in [0.25, 0.3) is 0 Å². The number of halogens is 1. The molecule has 3 aromatic rings. The Bertz CT molecular complexity index is 1040. The molecule has 7 N–H and O–H groups in total. The fraction of sp³-hybridized carbons (Fsp3) is 0.120. The lowest BCUT2D eigenvalue weighted by Gasteiger charge is -2.05. The molecule has 0 atom stereocenters. The van der Waals surface area contributed by atoms with Crippen molar-refractivity contribution in [3.63, 3.8) is 0 Å². The molecular weight excluding hydrogens is 438 g/mol. The van der Waals surface area contributed by atoms with E-state index in [1.54, 1.807) is 38.1 Å². The van der Waals surface area contributed by atoms with E-state index in [0.29, 0.717) is 11.4 Å². The lowest BCUT2D eigenvalue weighted by atomic mass is 10.1. The van der Waals surface area contributed by atoms with E-state index >= 15 is 0 Å². The van der Waals surface area contributed by atoms with Gasteiger partial charge < -0.3 is 22.3 Å². The SMILES string of the molecule is C#Cc1cccc(N)c1.CC(C)(O)C#Cc1cccc(N)c1.Nc1cccc(Br)c1. The highest BCUT2D eigenvalue weighted by Crippen LogP contribution is 2.11. The fourth-order valence-electron chi connectivity index (χ4n) is 1.98. The molecule has 0 spiro atoms. The first-order chi connectivity index (χ1) is 14.1. The third kappa shape index (κ3) is 11.5. The van der Waals surface area contributed by atoms with Crippen LogP contribution in [0.4, 0.5) is 17.1 Å². The summed E-state index contributed by atoms with van der Waals surface area (Å²) in [7, 11) is 0. The summed E-state index contributed by atoms with van der Waals surface area (Å²) in [5.74, 6) is 8.05. The van der Waals surface area contributed by atoms with Gasteiger partial charge in [0.05, 0.1) is 0 Å². The van der Waals surface area contributed by atoms with Crippen molar-refractivity contribution >= 4 is 33.0 Å². The Balaban J connectivity index is 0.000000234. The second-order valence-corrected chi connectivity index (χ2v) is 7.67. The molecule has 0 fully saturated rings. The molecule has 0 aliphatic heterocycles. The Kier molecular flexibility index (Phi) is 10.1. The predicted molar refractivity (Wildman–Crippen MR) is 131 cm³/mol. The number of hydrogen-bond donors (Lipinski definition) is 4. The number of nitrogen functional groups attached to an aromatic ring is 3. The molecule has 0 amide bonds. The van der Waals surface area contributed by atoms with E-state index in [9.17, 15) is 5.11 Å². The molecular formula is C25H26BrN3O. The summed E-state index contributed by atoms with van der Waals surface area (Å²) in [5, 5.41) is 9.34. The number of nitrogens with two attached hydrogens (primary N) is 3. The van der Waals surface area contributed by atoms with Crippen LogP contribution in [0.5, 0.6) is 0 Å². The van der Waals surface area contributed by atoms with Crippen LogP contribution >= 0.6 is 15.9 Å². The van der Waals surface area contributed by atoms with Crippen molar-refractivity contribution in [2.45, 2.75) is 19.4 Å². The number of aliphatic hydroxyl groups is 1. The van der Waals surface area contributed by atoms with Gasteiger partial charge in [-0.25, -0.2) is 0 Å². The lowest BCUT2D eigenvalue weighted by Crippen LogP contribution is -2.14. The van der Waals surface area contributed by atoms with Crippen molar-refractivity contribution in [2.24, 2.45) is 0 Å². The van der Waals surface area contributed by atoms with Gasteiger partial charge in [-0.15, -0.1) is 6.42 Å². The average Bonchev–Trinajstić information content (AvgIpc) is 2.67. The Labute approximate surface area is 187 Å². The van der Waals surface area contributed by atoms with Gasteiger partial charge in [0.1, 0.15) is 5.60 Å². The van der Waals surface area contributed by atoms with Crippen LogP contribution < -0.4 is 17.2 Å². The van der Waals surface area contributed by atoms with E-state index in [4.69, 9.17) is 23.6 Å². The van der Waals surface area contributed by atoms with Crippen molar-refractivity contribution in [2.75, 3.05) is 17.2 Å². The highest BCUT2D eigenvalue weighted by molar-refractivity contribution is 9.10. The molecule has 0 unspecified atom stereocenters. The third-order valence-electron chi connectivity index (χ3n) is 3.30. The lowest BCUT2D eigenvalue weighted by molar-refractivity contribution is 0.143. The molecule has 0 aliphatic carbocycles. The van der Waals surface area contributed by atoms with Gasteiger partial charge in [-0.3, -0.25) is 0 Å². The van der Waals surface area contributed by atoms with Crippen molar-refractivity contribution in [1.29, 1.82) is 0 Å². The zero-order chi connectivity index (χ0) is 22.6. The molecule has 5 heteroatoms. The van der Waals surface area contributed by atoms with Gasteiger partial charge in [0.15, 0.2) is 0 Å². The Morgan fingerprint density at radius 2 is 1.27 bits per heavy atom. The van der Waals surface area contributed by atoms with Crippen molar-refractivity contribution in [3.05, 3.63) is 88.4 Å². The monoisotopic (exact) mass is 463 g/mol. The summed E-state index contributed by atoms with van der Waals surface area (Å²) >= 11 is 3.28. The molecule has 30 heavy (non-hydrogen) atoms. The second kappa shape index (κ2) is 12.2. The van der Waals surface area contributed by atoms with Crippen LogP contribution in [0.15, 0.2) is 77.3 Å². The molecule has 0 aliphatic rings. The minimum Gasteiger partial charge on any atom is -0.399 e. The highest BCUT2D eigenvalue weighted by Gasteiger charge is 2.05. The average molecular weight is 464 g/mol. The van der Waals surface area contributed by atoms with E-state index in [-0.39, 0.29) is 0 Å². The first kappa shape index (κ1) is 24.7. The van der Waals surface area contributed by atoms with Crippen LogP contribution in [0.25, 0.3) is 0 Å². The maximum Gasteiger partial charge on any atom is 0.120 e. The first-order valence-corrected chi connectivity index (χ1v) is 9.82. The summed E-state index contributed by atoms with van der Waals surface area (Å²) < 4.78 is 1.03. The molecule has 0 radical (unpaired) electrons. The largest absolute Gasteiger partial charge is 0.399 e. The zero-order valence-electron chi connectivity index (χ0n) is 17.1. The van der Waals surface area contributed by atoms with Gasteiger partial charge in [-0.1, -0.05) is 51.9 Å².